The lowest BCUT2D eigenvalue weighted by atomic mass is 9.99. The summed E-state index contributed by atoms with van der Waals surface area (Å²) in [6, 6.07) is 4.93. The third kappa shape index (κ3) is 3.58. The third-order valence-corrected chi connectivity index (χ3v) is 7.70. The Balaban J connectivity index is 1.26. The number of hydrogen-bond donors (Lipinski definition) is 1. The first-order valence-electron chi connectivity index (χ1n) is 11.3. The SMILES string of the molecule is C[C@@H](c1ccccc1C(F)(F)F)N1C(=O)[C@H]2CC1CN2C[C@H](N)C(=O)N1C2C[C@H]2C[C@H]1C#N. The summed E-state index contributed by atoms with van der Waals surface area (Å²) in [5.74, 6) is -0.0930. The van der Waals surface area contributed by atoms with Crippen molar-refractivity contribution in [1.29, 1.82) is 5.26 Å². The summed E-state index contributed by atoms with van der Waals surface area (Å²) < 4.78 is 40.5. The molecule has 1 saturated carbocycles. The molecule has 7 nitrogen and oxygen atoms in total. The van der Waals surface area contributed by atoms with Crippen LogP contribution in [0, 0.1) is 17.2 Å². The molecular formula is C23H26F3N5O2. The van der Waals surface area contributed by atoms with Gasteiger partial charge >= 0.3 is 6.18 Å². The minimum atomic E-state index is -4.50. The van der Waals surface area contributed by atoms with Gasteiger partial charge in [0.1, 0.15) is 6.04 Å². The third-order valence-electron chi connectivity index (χ3n) is 7.70. The van der Waals surface area contributed by atoms with Gasteiger partial charge in [0.05, 0.1) is 29.8 Å². The van der Waals surface area contributed by atoms with E-state index >= 15 is 0 Å². The normalized spacial score (nSPS) is 32.6. The molecule has 2 unspecified atom stereocenters. The second-order valence-corrected chi connectivity index (χ2v) is 9.66. The first kappa shape index (κ1) is 22.2. The molecule has 7 atom stereocenters. The van der Waals surface area contributed by atoms with Crippen LogP contribution in [0.5, 0.6) is 0 Å². The molecule has 176 valence electrons. The molecule has 1 aromatic carbocycles. The number of nitrogens with zero attached hydrogens (tertiary/aromatic N) is 4. The molecule has 10 heteroatoms. The maximum atomic E-state index is 13.5. The van der Waals surface area contributed by atoms with E-state index < -0.39 is 35.9 Å². The van der Waals surface area contributed by atoms with Gasteiger partial charge in [0, 0.05) is 25.2 Å². The fourth-order valence-electron chi connectivity index (χ4n) is 6.08. The van der Waals surface area contributed by atoms with Gasteiger partial charge in [-0.05, 0) is 43.7 Å². The van der Waals surface area contributed by atoms with Crippen LogP contribution in [-0.4, -0.2) is 69.8 Å². The summed E-state index contributed by atoms with van der Waals surface area (Å²) in [5.41, 5.74) is 5.57. The largest absolute Gasteiger partial charge is 0.416 e. The van der Waals surface area contributed by atoms with E-state index in [-0.39, 0.29) is 36.0 Å². The maximum absolute atomic E-state index is 13.5. The van der Waals surface area contributed by atoms with Crippen LogP contribution in [0.1, 0.15) is 43.4 Å². The van der Waals surface area contributed by atoms with Gasteiger partial charge in [-0.1, -0.05) is 18.2 Å². The van der Waals surface area contributed by atoms with Gasteiger partial charge in [0.25, 0.3) is 0 Å². The van der Waals surface area contributed by atoms with Crippen molar-refractivity contribution in [2.45, 2.75) is 68.6 Å². The number of carbonyl (C=O) groups excluding carboxylic acids is 2. The number of benzene rings is 1. The van der Waals surface area contributed by atoms with Gasteiger partial charge in [-0.25, -0.2) is 0 Å². The Hall–Kier alpha value is -2.64. The molecule has 2 amide bonds. The van der Waals surface area contributed by atoms with Crippen LogP contribution in [0.4, 0.5) is 13.2 Å². The maximum Gasteiger partial charge on any atom is 0.416 e. The lowest BCUT2D eigenvalue weighted by molar-refractivity contribution is -0.143. The molecular weight excluding hydrogens is 435 g/mol. The van der Waals surface area contributed by atoms with Gasteiger partial charge in [0.2, 0.25) is 11.8 Å². The lowest BCUT2D eigenvalue weighted by Gasteiger charge is -2.39. The summed E-state index contributed by atoms with van der Waals surface area (Å²) in [6.45, 7) is 2.28. The van der Waals surface area contributed by atoms with Gasteiger partial charge in [-0.2, -0.15) is 18.4 Å². The summed E-state index contributed by atoms with van der Waals surface area (Å²) in [6.07, 6.45) is -2.38. The molecule has 4 fully saturated rings. The van der Waals surface area contributed by atoms with Crippen molar-refractivity contribution >= 4 is 11.8 Å². The molecule has 0 radical (unpaired) electrons. The second-order valence-electron chi connectivity index (χ2n) is 9.66. The molecule has 5 rings (SSSR count). The molecule has 3 saturated heterocycles. The lowest BCUT2D eigenvalue weighted by Crippen LogP contribution is -2.57. The van der Waals surface area contributed by atoms with Gasteiger partial charge < -0.3 is 15.5 Å². The molecule has 2 N–H and O–H groups in total. The number of amides is 2. The number of hydrogen-bond acceptors (Lipinski definition) is 5. The van der Waals surface area contributed by atoms with Crippen molar-refractivity contribution in [3.05, 3.63) is 35.4 Å². The molecule has 1 aromatic rings. The van der Waals surface area contributed by atoms with Crippen molar-refractivity contribution < 1.29 is 22.8 Å². The molecule has 3 heterocycles. The summed E-state index contributed by atoms with van der Waals surface area (Å²) in [4.78, 5) is 31.1. The van der Waals surface area contributed by atoms with E-state index in [0.29, 0.717) is 25.3 Å². The second kappa shape index (κ2) is 7.71. The van der Waals surface area contributed by atoms with Crippen molar-refractivity contribution in [1.82, 2.24) is 14.7 Å². The summed E-state index contributed by atoms with van der Waals surface area (Å²) in [5, 5.41) is 9.34. The predicted octanol–water partition coefficient (Wildman–Crippen LogP) is 1.89. The Labute approximate surface area is 189 Å². The van der Waals surface area contributed by atoms with Crippen molar-refractivity contribution in [2.24, 2.45) is 11.7 Å². The predicted molar refractivity (Wildman–Crippen MR) is 111 cm³/mol. The first-order valence-corrected chi connectivity index (χ1v) is 11.3. The zero-order valence-corrected chi connectivity index (χ0v) is 18.2. The van der Waals surface area contributed by atoms with Crippen molar-refractivity contribution in [2.75, 3.05) is 13.1 Å². The molecule has 3 aliphatic heterocycles. The van der Waals surface area contributed by atoms with Crippen molar-refractivity contribution in [3.8, 4) is 6.07 Å². The van der Waals surface area contributed by atoms with E-state index in [2.05, 4.69) is 6.07 Å². The van der Waals surface area contributed by atoms with E-state index in [1.54, 1.807) is 22.8 Å². The number of fused-ring (bicyclic) bond motifs is 3. The van der Waals surface area contributed by atoms with Gasteiger partial charge in [-0.15, -0.1) is 0 Å². The van der Waals surface area contributed by atoms with Crippen LogP contribution in [0.3, 0.4) is 0 Å². The van der Waals surface area contributed by atoms with Crippen LogP contribution in [-0.2, 0) is 15.8 Å². The molecule has 2 bridgehead atoms. The molecule has 33 heavy (non-hydrogen) atoms. The molecule has 0 aromatic heterocycles. The van der Waals surface area contributed by atoms with E-state index in [1.807, 2.05) is 4.90 Å². The van der Waals surface area contributed by atoms with Gasteiger partial charge in [0.15, 0.2) is 0 Å². The number of alkyl halides is 3. The fraction of sp³-hybridized carbons (Fsp3) is 0.609. The highest BCUT2D eigenvalue weighted by Gasteiger charge is 2.56. The highest BCUT2D eigenvalue weighted by atomic mass is 19.4. The smallest absolute Gasteiger partial charge is 0.330 e. The Kier molecular flexibility index (Phi) is 5.18. The van der Waals surface area contributed by atoms with Crippen LogP contribution in [0.25, 0.3) is 0 Å². The Morgan fingerprint density at radius 3 is 2.67 bits per heavy atom. The standard InChI is InChI=1S/C23H26F3N5O2/c1-12(16-4-2-3-5-17(16)23(24,25)26)30-15-8-20(22(30)33)29(10-15)11-18(28)21(32)31-14(9-27)6-13-7-19(13)31/h2-5,12-15,18-20H,6-8,10-11,28H2,1H3/t12-,13+,14-,15?,18-,19?,20+/m0/s1. The van der Waals surface area contributed by atoms with Crippen LogP contribution >= 0.6 is 0 Å². The van der Waals surface area contributed by atoms with E-state index in [0.717, 1.165) is 12.5 Å². The van der Waals surface area contributed by atoms with Crippen LogP contribution < -0.4 is 5.73 Å². The number of carbonyl (C=O) groups is 2. The number of rotatable bonds is 5. The Morgan fingerprint density at radius 2 is 2.00 bits per heavy atom. The first-order chi connectivity index (χ1) is 15.6. The molecule has 1 aliphatic carbocycles. The number of likely N-dealkylation sites (tertiary alicyclic amines) is 3. The summed E-state index contributed by atoms with van der Waals surface area (Å²) in [7, 11) is 0. The Morgan fingerprint density at radius 1 is 1.27 bits per heavy atom. The van der Waals surface area contributed by atoms with Crippen molar-refractivity contribution in [3.63, 3.8) is 0 Å². The quantitative estimate of drug-likeness (QED) is 0.723. The zero-order valence-electron chi connectivity index (χ0n) is 18.2. The minimum absolute atomic E-state index is 0.0832. The van der Waals surface area contributed by atoms with Crippen LogP contribution in [0.15, 0.2) is 24.3 Å². The van der Waals surface area contributed by atoms with Crippen LogP contribution in [0.2, 0.25) is 0 Å². The number of halogens is 3. The highest BCUT2D eigenvalue weighted by molar-refractivity contribution is 5.87. The number of piperidine rings is 1. The van der Waals surface area contributed by atoms with E-state index in [4.69, 9.17) is 5.73 Å². The van der Waals surface area contributed by atoms with E-state index in [1.165, 1.54) is 12.1 Å². The Bertz CT molecular complexity index is 1020. The average molecular weight is 461 g/mol. The molecule has 4 aliphatic rings. The highest BCUT2D eigenvalue weighted by Crippen LogP contribution is 2.48. The minimum Gasteiger partial charge on any atom is -0.330 e. The number of piperazine rings is 1. The number of nitrogens with two attached hydrogens (primary N) is 1. The zero-order chi connectivity index (χ0) is 23.7. The van der Waals surface area contributed by atoms with Gasteiger partial charge in [-0.3, -0.25) is 14.5 Å². The summed E-state index contributed by atoms with van der Waals surface area (Å²) >= 11 is 0. The number of nitriles is 1. The topological polar surface area (TPSA) is 93.7 Å². The van der Waals surface area contributed by atoms with E-state index in [9.17, 15) is 28.0 Å². The molecule has 0 spiro atoms. The average Bonchev–Trinajstić information content (AvgIpc) is 3.11. The monoisotopic (exact) mass is 461 g/mol. The fourth-order valence-corrected chi connectivity index (χ4v) is 6.08.